The van der Waals surface area contributed by atoms with Gasteiger partial charge in [-0.15, -0.1) is 0 Å². The van der Waals surface area contributed by atoms with E-state index >= 15 is 0 Å². The summed E-state index contributed by atoms with van der Waals surface area (Å²) in [6, 6.07) is 7.93. The Balaban J connectivity index is 1.82. The largest absolute Gasteiger partial charge is 0.444 e. The van der Waals surface area contributed by atoms with Crippen LogP contribution in [0.1, 0.15) is 38.3 Å². The zero-order chi connectivity index (χ0) is 16.0. The van der Waals surface area contributed by atoms with Crippen molar-refractivity contribution in [3.63, 3.8) is 0 Å². The van der Waals surface area contributed by atoms with Crippen LogP contribution in [-0.4, -0.2) is 36.2 Å². The second-order valence-corrected chi connectivity index (χ2v) is 7.16. The van der Waals surface area contributed by atoms with Crippen molar-refractivity contribution in [2.24, 2.45) is 0 Å². The minimum atomic E-state index is -0.480. The molecule has 1 aromatic rings. The summed E-state index contributed by atoms with van der Waals surface area (Å²) >= 11 is 0. The van der Waals surface area contributed by atoms with Crippen molar-refractivity contribution in [1.29, 1.82) is 5.26 Å². The average molecular weight is 299 g/mol. The van der Waals surface area contributed by atoms with E-state index in [1.807, 2.05) is 39.0 Å². The van der Waals surface area contributed by atoms with Gasteiger partial charge in [0, 0.05) is 30.7 Å². The molecule has 1 aromatic carbocycles. The van der Waals surface area contributed by atoms with E-state index in [0.29, 0.717) is 18.7 Å². The first-order valence-electron chi connectivity index (χ1n) is 7.59. The predicted octanol–water partition coefficient (Wildman–Crippen LogP) is 2.86. The molecule has 1 atom stereocenters. The molecule has 1 saturated heterocycles. The first kappa shape index (κ1) is 14.7. The third-order valence-corrected chi connectivity index (χ3v) is 4.34. The lowest BCUT2D eigenvalue weighted by atomic mass is 9.81. The standard InChI is InChI=1S/C17H21N3O2/c1-16(2,3)22-15(21)20-7-6-17(11-20)10-19-14-5-4-12(9-18)8-13(14)17/h4-5,8,19H,6-7,10-11H2,1-3H3/t17-/m0/s1. The number of hydrogen-bond acceptors (Lipinski definition) is 4. The number of anilines is 1. The topological polar surface area (TPSA) is 65.4 Å². The molecular weight excluding hydrogens is 278 g/mol. The smallest absolute Gasteiger partial charge is 0.410 e. The van der Waals surface area contributed by atoms with Crippen LogP contribution < -0.4 is 5.32 Å². The van der Waals surface area contributed by atoms with Gasteiger partial charge in [0.05, 0.1) is 11.6 Å². The molecule has 116 valence electrons. The summed E-state index contributed by atoms with van der Waals surface area (Å²) in [4.78, 5) is 14.0. The Morgan fingerprint density at radius 2 is 2.23 bits per heavy atom. The van der Waals surface area contributed by atoms with Crippen LogP contribution in [0.2, 0.25) is 0 Å². The SMILES string of the molecule is CC(C)(C)OC(=O)N1CC[C@]2(CNc3ccc(C#N)cc32)C1. The highest BCUT2D eigenvalue weighted by atomic mass is 16.6. The van der Waals surface area contributed by atoms with Gasteiger partial charge in [-0.25, -0.2) is 4.79 Å². The molecule has 0 bridgehead atoms. The van der Waals surface area contributed by atoms with E-state index in [9.17, 15) is 4.79 Å². The van der Waals surface area contributed by atoms with Gasteiger partial charge in [0.1, 0.15) is 5.60 Å². The van der Waals surface area contributed by atoms with Crippen molar-refractivity contribution < 1.29 is 9.53 Å². The summed E-state index contributed by atoms with van der Waals surface area (Å²) in [5.41, 5.74) is 2.31. The van der Waals surface area contributed by atoms with Crippen molar-refractivity contribution in [2.45, 2.75) is 38.2 Å². The molecule has 3 rings (SSSR count). The van der Waals surface area contributed by atoms with Gasteiger partial charge < -0.3 is 15.0 Å². The van der Waals surface area contributed by atoms with Crippen LogP contribution >= 0.6 is 0 Å². The predicted molar refractivity (Wildman–Crippen MR) is 83.7 cm³/mol. The quantitative estimate of drug-likeness (QED) is 0.800. The average Bonchev–Trinajstić information content (AvgIpc) is 3.03. The number of carbonyl (C=O) groups excluding carboxylic acids is 1. The van der Waals surface area contributed by atoms with E-state index in [-0.39, 0.29) is 11.5 Å². The molecule has 1 amide bonds. The number of fused-ring (bicyclic) bond motifs is 2. The Bertz CT molecular complexity index is 657. The fourth-order valence-electron chi connectivity index (χ4n) is 3.29. The highest BCUT2D eigenvalue weighted by Crippen LogP contribution is 2.43. The molecule has 0 radical (unpaired) electrons. The summed E-state index contributed by atoms with van der Waals surface area (Å²) in [6.07, 6.45) is 0.635. The van der Waals surface area contributed by atoms with Crippen LogP contribution in [0, 0.1) is 11.3 Å². The number of benzene rings is 1. The Morgan fingerprint density at radius 1 is 1.45 bits per heavy atom. The summed E-state index contributed by atoms with van der Waals surface area (Å²) in [5, 5.41) is 12.5. The maximum atomic E-state index is 12.3. The highest BCUT2D eigenvalue weighted by Gasteiger charge is 2.46. The number of hydrogen-bond donors (Lipinski definition) is 1. The van der Waals surface area contributed by atoms with Crippen LogP contribution in [0.5, 0.6) is 0 Å². The number of ether oxygens (including phenoxy) is 1. The van der Waals surface area contributed by atoms with Crippen LogP contribution in [0.3, 0.4) is 0 Å². The third kappa shape index (κ3) is 2.50. The molecule has 5 heteroatoms. The number of rotatable bonds is 0. The Kier molecular flexibility index (Phi) is 3.28. The highest BCUT2D eigenvalue weighted by molar-refractivity contribution is 5.70. The van der Waals surface area contributed by atoms with Crippen molar-refractivity contribution in [3.8, 4) is 6.07 Å². The number of carbonyl (C=O) groups is 1. The lowest BCUT2D eigenvalue weighted by Crippen LogP contribution is -2.38. The van der Waals surface area contributed by atoms with Gasteiger partial charge in [0.25, 0.3) is 0 Å². The van der Waals surface area contributed by atoms with Gasteiger partial charge in [0.2, 0.25) is 0 Å². The molecule has 22 heavy (non-hydrogen) atoms. The van der Waals surface area contributed by atoms with Crippen LogP contribution in [0.4, 0.5) is 10.5 Å². The molecule has 1 N–H and O–H groups in total. The minimum absolute atomic E-state index is 0.0981. The molecule has 0 aromatic heterocycles. The molecule has 5 nitrogen and oxygen atoms in total. The molecule has 0 saturated carbocycles. The fraction of sp³-hybridized carbons (Fsp3) is 0.529. The van der Waals surface area contributed by atoms with Gasteiger partial charge in [-0.05, 0) is 51.0 Å². The van der Waals surface area contributed by atoms with Crippen LogP contribution in [0.15, 0.2) is 18.2 Å². The van der Waals surface area contributed by atoms with Gasteiger partial charge >= 0.3 is 6.09 Å². The molecule has 1 fully saturated rings. The number of nitrogens with one attached hydrogen (secondary N) is 1. The molecule has 1 spiro atoms. The lowest BCUT2D eigenvalue weighted by Gasteiger charge is -2.27. The molecule has 2 heterocycles. The summed E-state index contributed by atoms with van der Waals surface area (Å²) < 4.78 is 5.47. The molecule has 2 aliphatic rings. The maximum absolute atomic E-state index is 12.3. The number of nitriles is 1. The summed E-state index contributed by atoms with van der Waals surface area (Å²) in [5.74, 6) is 0. The maximum Gasteiger partial charge on any atom is 0.410 e. The Hall–Kier alpha value is -2.22. The van der Waals surface area contributed by atoms with E-state index in [1.54, 1.807) is 4.90 Å². The van der Waals surface area contributed by atoms with Gasteiger partial charge in [-0.3, -0.25) is 0 Å². The van der Waals surface area contributed by atoms with E-state index in [1.165, 1.54) is 0 Å². The number of nitrogens with zero attached hydrogens (tertiary/aromatic N) is 2. The van der Waals surface area contributed by atoms with Crippen molar-refractivity contribution in [2.75, 3.05) is 25.0 Å². The fourth-order valence-corrected chi connectivity index (χ4v) is 3.29. The zero-order valence-electron chi connectivity index (χ0n) is 13.3. The van der Waals surface area contributed by atoms with E-state index < -0.39 is 5.60 Å². The van der Waals surface area contributed by atoms with E-state index in [4.69, 9.17) is 10.00 Å². The van der Waals surface area contributed by atoms with Gasteiger partial charge in [-0.2, -0.15) is 5.26 Å². The molecule has 0 unspecified atom stereocenters. The lowest BCUT2D eigenvalue weighted by molar-refractivity contribution is 0.0285. The minimum Gasteiger partial charge on any atom is -0.444 e. The number of likely N-dealkylation sites (tertiary alicyclic amines) is 1. The first-order chi connectivity index (χ1) is 10.3. The third-order valence-electron chi connectivity index (χ3n) is 4.34. The van der Waals surface area contributed by atoms with Crippen molar-refractivity contribution >= 4 is 11.8 Å². The van der Waals surface area contributed by atoms with Gasteiger partial charge in [-0.1, -0.05) is 0 Å². The molecule has 2 aliphatic heterocycles. The number of amides is 1. The Morgan fingerprint density at radius 3 is 2.91 bits per heavy atom. The zero-order valence-corrected chi connectivity index (χ0v) is 13.3. The normalized spacial score (nSPS) is 23.1. The molecular formula is C17H21N3O2. The van der Waals surface area contributed by atoms with E-state index in [2.05, 4.69) is 11.4 Å². The van der Waals surface area contributed by atoms with Crippen LogP contribution in [0.25, 0.3) is 0 Å². The van der Waals surface area contributed by atoms with Crippen LogP contribution in [-0.2, 0) is 10.2 Å². The second-order valence-electron chi connectivity index (χ2n) is 7.16. The second kappa shape index (κ2) is 4.91. The van der Waals surface area contributed by atoms with Crippen molar-refractivity contribution in [1.82, 2.24) is 4.90 Å². The monoisotopic (exact) mass is 299 g/mol. The Labute approximate surface area is 130 Å². The van der Waals surface area contributed by atoms with Crippen molar-refractivity contribution in [3.05, 3.63) is 29.3 Å². The van der Waals surface area contributed by atoms with E-state index in [0.717, 1.165) is 24.2 Å². The van der Waals surface area contributed by atoms with Gasteiger partial charge in [0.15, 0.2) is 0 Å². The summed E-state index contributed by atoms with van der Waals surface area (Å²) in [7, 11) is 0. The first-order valence-corrected chi connectivity index (χ1v) is 7.59. The summed E-state index contributed by atoms with van der Waals surface area (Å²) in [6.45, 7) is 7.76. The molecule has 0 aliphatic carbocycles.